The van der Waals surface area contributed by atoms with Crippen LogP contribution in [0.4, 0.5) is 10.5 Å². The zero-order chi connectivity index (χ0) is 20.4. The molecule has 7 nitrogen and oxygen atoms in total. The molecule has 1 aromatic rings. The Morgan fingerprint density at radius 3 is 2.46 bits per heavy atom. The fourth-order valence-corrected chi connectivity index (χ4v) is 3.90. The first kappa shape index (κ1) is 20.2. The molecule has 28 heavy (non-hydrogen) atoms. The molecule has 0 radical (unpaired) electrons. The van der Waals surface area contributed by atoms with Gasteiger partial charge in [-0.05, 0) is 42.4 Å². The van der Waals surface area contributed by atoms with E-state index in [-0.39, 0.29) is 23.9 Å². The van der Waals surface area contributed by atoms with Crippen LogP contribution in [-0.2, 0) is 9.59 Å². The van der Waals surface area contributed by atoms with Gasteiger partial charge in [-0.15, -0.1) is 0 Å². The molecule has 0 saturated carbocycles. The van der Waals surface area contributed by atoms with Gasteiger partial charge in [-0.25, -0.2) is 4.79 Å². The monoisotopic (exact) mass is 386 g/mol. The lowest BCUT2D eigenvalue weighted by molar-refractivity contribution is -0.147. The van der Waals surface area contributed by atoms with Crippen molar-refractivity contribution in [2.75, 3.05) is 11.9 Å². The van der Waals surface area contributed by atoms with Crippen LogP contribution in [0.3, 0.4) is 0 Å². The third-order valence-electron chi connectivity index (χ3n) is 5.38. The molecule has 2 aliphatic rings. The third-order valence-corrected chi connectivity index (χ3v) is 5.38. The van der Waals surface area contributed by atoms with E-state index in [9.17, 15) is 14.4 Å². The average molecular weight is 386 g/mol. The lowest BCUT2D eigenvalue weighted by atomic mass is 9.99. The van der Waals surface area contributed by atoms with Crippen LogP contribution in [0, 0.1) is 5.92 Å². The van der Waals surface area contributed by atoms with Gasteiger partial charge < -0.3 is 20.9 Å². The molecule has 3 rings (SSSR count). The molecule has 3 atom stereocenters. The van der Waals surface area contributed by atoms with Gasteiger partial charge in [0, 0.05) is 12.2 Å². The lowest BCUT2D eigenvalue weighted by Gasteiger charge is -2.35. The summed E-state index contributed by atoms with van der Waals surface area (Å²) in [5.41, 5.74) is 1.92. The van der Waals surface area contributed by atoms with Gasteiger partial charge in [0.25, 0.3) is 0 Å². The van der Waals surface area contributed by atoms with Crippen molar-refractivity contribution in [3.63, 3.8) is 0 Å². The van der Waals surface area contributed by atoms with Crippen molar-refractivity contribution in [2.45, 2.75) is 64.6 Å². The molecule has 0 bridgehead atoms. The van der Waals surface area contributed by atoms with Gasteiger partial charge in [-0.1, -0.05) is 39.8 Å². The summed E-state index contributed by atoms with van der Waals surface area (Å²) in [5, 5.41) is 8.55. The Kier molecular flexibility index (Phi) is 5.91. The lowest BCUT2D eigenvalue weighted by Crippen LogP contribution is -2.61. The first-order valence-corrected chi connectivity index (χ1v) is 10.0. The SMILES string of the molecule is CC(C)C[C@H]1NC(=O)[C@@H]2C[C@H](NC(=O)Nc3ccc(C(C)C)cc3)CN2C1=O. The molecule has 0 unspecified atom stereocenters. The molecule has 2 aliphatic heterocycles. The quantitative estimate of drug-likeness (QED) is 0.726. The Bertz CT molecular complexity index is 745. The number of amides is 4. The molecule has 2 saturated heterocycles. The van der Waals surface area contributed by atoms with E-state index >= 15 is 0 Å². The van der Waals surface area contributed by atoms with Gasteiger partial charge in [-0.2, -0.15) is 0 Å². The first-order chi connectivity index (χ1) is 13.2. The Hall–Kier alpha value is -2.57. The molecule has 2 fully saturated rings. The van der Waals surface area contributed by atoms with Gasteiger partial charge in [0.05, 0.1) is 6.04 Å². The highest BCUT2D eigenvalue weighted by Gasteiger charge is 2.46. The van der Waals surface area contributed by atoms with Gasteiger partial charge in [0.2, 0.25) is 11.8 Å². The summed E-state index contributed by atoms with van der Waals surface area (Å²) in [7, 11) is 0. The fraction of sp³-hybridized carbons (Fsp3) is 0.571. The Balaban J connectivity index is 1.57. The number of carbonyl (C=O) groups excluding carboxylic acids is 3. The smallest absolute Gasteiger partial charge is 0.319 e. The van der Waals surface area contributed by atoms with Gasteiger partial charge in [-0.3, -0.25) is 9.59 Å². The van der Waals surface area contributed by atoms with Crippen LogP contribution in [0.1, 0.15) is 52.0 Å². The van der Waals surface area contributed by atoms with Crippen molar-refractivity contribution in [3.8, 4) is 0 Å². The van der Waals surface area contributed by atoms with E-state index < -0.39 is 12.1 Å². The van der Waals surface area contributed by atoms with Crippen molar-refractivity contribution < 1.29 is 14.4 Å². The van der Waals surface area contributed by atoms with Crippen LogP contribution in [0.25, 0.3) is 0 Å². The second-order valence-electron chi connectivity index (χ2n) is 8.50. The standard InChI is InChI=1S/C21H30N4O3/c1-12(2)9-17-20(27)25-11-16(10-18(25)19(26)24-17)23-21(28)22-15-7-5-14(6-8-15)13(3)4/h5-8,12-13,16-18H,9-11H2,1-4H3,(H,24,26)(H2,22,23,28)/t16-,17+,18-/m0/s1. The van der Waals surface area contributed by atoms with Crippen molar-refractivity contribution in [3.05, 3.63) is 29.8 Å². The summed E-state index contributed by atoms with van der Waals surface area (Å²) in [4.78, 5) is 39.0. The zero-order valence-corrected chi connectivity index (χ0v) is 17.0. The van der Waals surface area contributed by atoms with Crippen LogP contribution >= 0.6 is 0 Å². The molecule has 0 spiro atoms. The third kappa shape index (κ3) is 4.46. The number of urea groups is 1. The van der Waals surface area contributed by atoms with E-state index in [1.165, 1.54) is 5.56 Å². The minimum absolute atomic E-state index is 0.0488. The number of hydrogen-bond acceptors (Lipinski definition) is 3. The molecule has 3 N–H and O–H groups in total. The predicted octanol–water partition coefficient (Wildman–Crippen LogP) is 2.45. The molecular formula is C21H30N4O3. The van der Waals surface area contributed by atoms with E-state index in [0.717, 1.165) is 0 Å². The van der Waals surface area contributed by atoms with Crippen molar-refractivity contribution in [1.82, 2.24) is 15.5 Å². The number of benzene rings is 1. The molecule has 4 amide bonds. The first-order valence-electron chi connectivity index (χ1n) is 10.0. The van der Waals surface area contributed by atoms with Gasteiger partial charge in [0.1, 0.15) is 12.1 Å². The minimum Gasteiger partial charge on any atom is -0.342 e. The highest BCUT2D eigenvalue weighted by molar-refractivity contribution is 5.98. The summed E-state index contributed by atoms with van der Waals surface area (Å²) in [5.74, 6) is 0.573. The van der Waals surface area contributed by atoms with Crippen LogP contribution in [-0.4, -0.2) is 47.4 Å². The number of piperazine rings is 1. The highest BCUT2D eigenvalue weighted by atomic mass is 16.2. The highest BCUT2D eigenvalue weighted by Crippen LogP contribution is 2.25. The number of nitrogens with one attached hydrogen (secondary N) is 3. The Labute approximate surface area is 166 Å². The van der Waals surface area contributed by atoms with Crippen molar-refractivity contribution in [2.24, 2.45) is 5.92 Å². The average Bonchev–Trinajstić information content (AvgIpc) is 3.04. The summed E-state index contributed by atoms with van der Waals surface area (Å²) in [6.07, 6.45) is 1.06. The molecular weight excluding hydrogens is 356 g/mol. The molecule has 152 valence electrons. The van der Waals surface area contributed by atoms with E-state index in [0.29, 0.717) is 36.9 Å². The minimum atomic E-state index is -0.494. The number of rotatable bonds is 5. The molecule has 7 heteroatoms. The van der Waals surface area contributed by atoms with Crippen LogP contribution in [0.2, 0.25) is 0 Å². The van der Waals surface area contributed by atoms with E-state index in [1.807, 2.05) is 38.1 Å². The summed E-state index contributed by atoms with van der Waals surface area (Å²) >= 11 is 0. The topological polar surface area (TPSA) is 90.5 Å². The van der Waals surface area contributed by atoms with Crippen LogP contribution in [0.5, 0.6) is 0 Å². The predicted molar refractivity (Wildman–Crippen MR) is 108 cm³/mol. The Morgan fingerprint density at radius 2 is 1.86 bits per heavy atom. The number of anilines is 1. The summed E-state index contributed by atoms with van der Waals surface area (Å²) in [6.45, 7) is 8.65. The number of hydrogen-bond donors (Lipinski definition) is 3. The maximum Gasteiger partial charge on any atom is 0.319 e. The number of carbonyl (C=O) groups is 3. The molecule has 2 heterocycles. The van der Waals surface area contributed by atoms with Crippen LogP contribution < -0.4 is 16.0 Å². The fourth-order valence-electron chi connectivity index (χ4n) is 3.90. The molecule has 0 aliphatic carbocycles. The number of fused-ring (bicyclic) bond motifs is 1. The van der Waals surface area contributed by atoms with E-state index in [4.69, 9.17) is 0 Å². The summed E-state index contributed by atoms with van der Waals surface area (Å²) in [6, 6.07) is 6.21. The second kappa shape index (κ2) is 8.20. The van der Waals surface area contributed by atoms with Crippen molar-refractivity contribution >= 4 is 23.5 Å². The van der Waals surface area contributed by atoms with E-state index in [2.05, 4.69) is 29.8 Å². The largest absolute Gasteiger partial charge is 0.342 e. The van der Waals surface area contributed by atoms with Crippen LogP contribution in [0.15, 0.2) is 24.3 Å². The molecule has 0 aromatic heterocycles. The maximum atomic E-state index is 12.7. The summed E-state index contributed by atoms with van der Waals surface area (Å²) < 4.78 is 0. The molecule has 1 aromatic carbocycles. The second-order valence-corrected chi connectivity index (χ2v) is 8.50. The van der Waals surface area contributed by atoms with Crippen molar-refractivity contribution in [1.29, 1.82) is 0 Å². The Morgan fingerprint density at radius 1 is 1.18 bits per heavy atom. The normalized spacial score (nSPS) is 24.4. The van der Waals surface area contributed by atoms with Gasteiger partial charge in [0.15, 0.2) is 0 Å². The van der Waals surface area contributed by atoms with E-state index in [1.54, 1.807) is 4.90 Å². The maximum absolute atomic E-state index is 12.7. The number of nitrogens with zero attached hydrogens (tertiary/aromatic N) is 1. The zero-order valence-electron chi connectivity index (χ0n) is 17.0. The van der Waals surface area contributed by atoms with Gasteiger partial charge >= 0.3 is 6.03 Å².